The minimum absolute atomic E-state index is 0.401. The standard InChI is InChI=1S/C15H25NO/c1-11(14-9-12-4-5-13(14)8-12)16-10-15(17)6-2-3-7-15/h4-5,11-14,16-17H,2-3,6-10H2,1H3. The molecule has 0 aromatic heterocycles. The monoisotopic (exact) mass is 235 g/mol. The van der Waals surface area contributed by atoms with E-state index in [0.29, 0.717) is 6.04 Å². The average Bonchev–Trinajstić information content (AvgIpc) is 3.02. The van der Waals surface area contributed by atoms with Crippen molar-refractivity contribution >= 4 is 0 Å². The fourth-order valence-corrected chi connectivity index (χ4v) is 4.11. The van der Waals surface area contributed by atoms with E-state index in [2.05, 4.69) is 24.4 Å². The fraction of sp³-hybridized carbons (Fsp3) is 0.867. The number of hydrogen-bond acceptors (Lipinski definition) is 2. The first-order chi connectivity index (χ1) is 8.16. The van der Waals surface area contributed by atoms with Gasteiger partial charge in [0.2, 0.25) is 0 Å². The third-order valence-corrected chi connectivity index (χ3v) is 5.26. The summed E-state index contributed by atoms with van der Waals surface area (Å²) in [4.78, 5) is 0. The van der Waals surface area contributed by atoms with Gasteiger partial charge in [-0.15, -0.1) is 0 Å². The lowest BCUT2D eigenvalue weighted by molar-refractivity contribution is 0.0426. The topological polar surface area (TPSA) is 32.3 Å². The van der Waals surface area contributed by atoms with Crippen LogP contribution in [0.15, 0.2) is 12.2 Å². The second-order valence-electron chi connectivity index (χ2n) is 6.55. The third kappa shape index (κ3) is 2.30. The van der Waals surface area contributed by atoms with E-state index < -0.39 is 5.60 Å². The highest BCUT2D eigenvalue weighted by atomic mass is 16.3. The van der Waals surface area contributed by atoms with Crippen LogP contribution in [-0.4, -0.2) is 23.3 Å². The van der Waals surface area contributed by atoms with Gasteiger partial charge in [0.05, 0.1) is 5.60 Å². The summed E-state index contributed by atoms with van der Waals surface area (Å²) < 4.78 is 0. The molecule has 4 atom stereocenters. The first kappa shape index (κ1) is 11.7. The molecule has 0 aromatic rings. The Morgan fingerprint density at radius 3 is 2.65 bits per heavy atom. The molecule has 2 nitrogen and oxygen atoms in total. The Hall–Kier alpha value is -0.340. The van der Waals surface area contributed by atoms with Gasteiger partial charge < -0.3 is 10.4 Å². The number of rotatable bonds is 4. The molecule has 0 radical (unpaired) electrons. The van der Waals surface area contributed by atoms with Crippen LogP contribution in [0.1, 0.15) is 45.4 Å². The second kappa shape index (κ2) is 4.40. The molecule has 2 saturated carbocycles. The quantitative estimate of drug-likeness (QED) is 0.734. The molecular formula is C15H25NO. The summed E-state index contributed by atoms with van der Waals surface area (Å²) in [6.45, 7) is 3.10. The summed E-state index contributed by atoms with van der Waals surface area (Å²) in [6, 6.07) is 0.555. The Morgan fingerprint density at radius 2 is 2.06 bits per heavy atom. The average molecular weight is 235 g/mol. The van der Waals surface area contributed by atoms with Crippen molar-refractivity contribution in [3.05, 3.63) is 12.2 Å². The van der Waals surface area contributed by atoms with Gasteiger partial charge in [-0.25, -0.2) is 0 Å². The highest BCUT2D eigenvalue weighted by molar-refractivity contribution is 5.11. The summed E-state index contributed by atoms with van der Waals surface area (Å²) in [5.41, 5.74) is -0.401. The summed E-state index contributed by atoms with van der Waals surface area (Å²) >= 11 is 0. The molecular weight excluding hydrogens is 210 g/mol. The van der Waals surface area contributed by atoms with E-state index in [0.717, 1.165) is 37.1 Å². The van der Waals surface area contributed by atoms with Crippen molar-refractivity contribution in [3.8, 4) is 0 Å². The van der Waals surface area contributed by atoms with E-state index >= 15 is 0 Å². The molecule has 4 unspecified atom stereocenters. The molecule has 0 aromatic carbocycles. The lowest BCUT2D eigenvalue weighted by atomic mass is 9.87. The predicted octanol–water partition coefficient (Wildman–Crippen LogP) is 2.48. The second-order valence-corrected chi connectivity index (χ2v) is 6.55. The van der Waals surface area contributed by atoms with Crippen LogP contribution in [0.2, 0.25) is 0 Å². The van der Waals surface area contributed by atoms with Crippen molar-refractivity contribution in [1.29, 1.82) is 0 Å². The molecule has 17 heavy (non-hydrogen) atoms. The Balaban J connectivity index is 1.50. The van der Waals surface area contributed by atoms with Crippen molar-refractivity contribution in [3.63, 3.8) is 0 Å². The van der Waals surface area contributed by atoms with Crippen molar-refractivity contribution in [2.45, 2.75) is 57.1 Å². The van der Waals surface area contributed by atoms with Gasteiger partial charge in [0.1, 0.15) is 0 Å². The molecule has 2 bridgehead atoms. The summed E-state index contributed by atoms with van der Waals surface area (Å²) in [7, 11) is 0. The van der Waals surface area contributed by atoms with Crippen LogP contribution >= 0.6 is 0 Å². The smallest absolute Gasteiger partial charge is 0.0771 e. The van der Waals surface area contributed by atoms with Crippen molar-refractivity contribution in [1.82, 2.24) is 5.32 Å². The molecule has 2 heteroatoms. The molecule has 0 heterocycles. The largest absolute Gasteiger partial charge is 0.389 e. The van der Waals surface area contributed by atoms with Crippen LogP contribution in [0.4, 0.5) is 0 Å². The highest BCUT2D eigenvalue weighted by Crippen LogP contribution is 2.44. The molecule has 96 valence electrons. The van der Waals surface area contributed by atoms with Crippen LogP contribution < -0.4 is 5.32 Å². The van der Waals surface area contributed by atoms with Crippen LogP contribution in [-0.2, 0) is 0 Å². The number of aliphatic hydroxyl groups is 1. The Morgan fingerprint density at radius 1 is 1.29 bits per heavy atom. The van der Waals surface area contributed by atoms with E-state index in [-0.39, 0.29) is 0 Å². The van der Waals surface area contributed by atoms with Crippen LogP contribution in [0.25, 0.3) is 0 Å². The zero-order valence-corrected chi connectivity index (χ0v) is 10.9. The van der Waals surface area contributed by atoms with E-state index in [1.54, 1.807) is 0 Å². The summed E-state index contributed by atoms with van der Waals surface area (Å²) in [6.07, 6.45) is 11.9. The lowest BCUT2D eigenvalue weighted by Gasteiger charge is -2.30. The molecule has 3 aliphatic carbocycles. The van der Waals surface area contributed by atoms with Crippen LogP contribution in [0.3, 0.4) is 0 Å². The number of hydrogen-bond donors (Lipinski definition) is 2. The molecule has 0 aliphatic heterocycles. The van der Waals surface area contributed by atoms with Crippen molar-refractivity contribution in [2.24, 2.45) is 17.8 Å². The zero-order chi connectivity index (χ0) is 11.9. The molecule has 0 spiro atoms. The summed E-state index contributed by atoms with van der Waals surface area (Å²) in [5.74, 6) is 2.46. The normalized spacial score (nSPS) is 40.0. The molecule has 0 amide bonds. The van der Waals surface area contributed by atoms with Gasteiger partial charge in [-0.2, -0.15) is 0 Å². The highest BCUT2D eigenvalue weighted by Gasteiger charge is 2.39. The number of fused-ring (bicyclic) bond motifs is 2. The number of nitrogens with one attached hydrogen (secondary N) is 1. The predicted molar refractivity (Wildman–Crippen MR) is 69.7 cm³/mol. The van der Waals surface area contributed by atoms with Gasteiger partial charge in [-0.05, 0) is 50.4 Å². The van der Waals surface area contributed by atoms with E-state index in [1.807, 2.05) is 0 Å². The Labute approximate surface area is 104 Å². The maximum atomic E-state index is 10.3. The molecule has 2 N–H and O–H groups in total. The van der Waals surface area contributed by atoms with Gasteiger partial charge in [0.25, 0.3) is 0 Å². The van der Waals surface area contributed by atoms with E-state index in [9.17, 15) is 5.11 Å². The van der Waals surface area contributed by atoms with Gasteiger partial charge in [0.15, 0.2) is 0 Å². The molecule has 0 saturated heterocycles. The van der Waals surface area contributed by atoms with E-state index in [1.165, 1.54) is 25.7 Å². The van der Waals surface area contributed by atoms with Crippen molar-refractivity contribution in [2.75, 3.05) is 6.54 Å². The zero-order valence-electron chi connectivity index (χ0n) is 10.9. The third-order valence-electron chi connectivity index (χ3n) is 5.26. The Kier molecular flexibility index (Phi) is 3.04. The van der Waals surface area contributed by atoms with Crippen LogP contribution in [0, 0.1) is 17.8 Å². The van der Waals surface area contributed by atoms with E-state index in [4.69, 9.17) is 0 Å². The maximum Gasteiger partial charge on any atom is 0.0771 e. The number of allylic oxidation sites excluding steroid dienone is 2. The fourth-order valence-electron chi connectivity index (χ4n) is 4.11. The molecule has 2 fully saturated rings. The maximum absolute atomic E-state index is 10.3. The first-order valence-electron chi connectivity index (χ1n) is 7.30. The van der Waals surface area contributed by atoms with Crippen LogP contribution in [0.5, 0.6) is 0 Å². The summed E-state index contributed by atoms with van der Waals surface area (Å²) in [5, 5.41) is 13.9. The minimum Gasteiger partial charge on any atom is -0.389 e. The molecule has 3 aliphatic rings. The SMILES string of the molecule is CC(NCC1(O)CCCC1)C1CC2C=CC1C2. The lowest BCUT2D eigenvalue weighted by Crippen LogP contribution is -2.45. The first-order valence-corrected chi connectivity index (χ1v) is 7.30. The van der Waals surface area contributed by atoms with Gasteiger partial charge in [-0.1, -0.05) is 25.0 Å². The minimum atomic E-state index is -0.401. The molecule has 3 rings (SSSR count). The van der Waals surface area contributed by atoms with Gasteiger partial charge in [0, 0.05) is 12.6 Å². The van der Waals surface area contributed by atoms with Gasteiger partial charge in [-0.3, -0.25) is 0 Å². The Bertz CT molecular complexity index is 306. The van der Waals surface area contributed by atoms with Crippen molar-refractivity contribution < 1.29 is 5.11 Å². The van der Waals surface area contributed by atoms with Gasteiger partial charge >= 0.3 is 0 Å².